The van der Waals surface area contributed by atoms with E-state index in [0.29, 0.717) is 10.2 Å². The molecule has 6 nitrogen and oxygen atoms in total. The van der Waals surface area contributed by atoms with Crippen LogP contribution in [-0.2, 0) is 4.79 Å². The molecule has 0 fully saturated rings. The molecule has 108 valence electrons. The van der Waals surface area contributed by atoms with E-state index in [-0.39, 0.29) is 24.0 Å². The molecular weight excluding hydrogens is 340 g/mol. The van der Waals surface area contributed by atoms with Crippen molar-refractivity contribution in [1.82, 2.24) is 0 Å². The lowest BCUT2D eigenvalue weighted by atomic mass is 10.3. The number of amides is 1. The highest BCUT2D eigenvalue weighted by Gasteiger charge is 2.12. The normalized spacial score (nSPS) is 9.95. The number of ether oxygens (including phenoxy) is 1. The summed E-state index contributed by atoms with van der Waals surface area (Å²) in [6.07, 6.45) is 0. The molecule has 0 aromatic heterocycles. The van der Waals surface area contributed by atoms with Crippen LogP contribution >= 0.6 is 15.9 Å². The number of carbonyl (C=O) groups excluding carboxylic acids is 1. The topological polar surface area (TPSA) is 81.5 Å². The van der Waals surface area contributed by atoms with Crippen molar-refractivity contribution in [3.63, 3.8) is 0 Å². The second-order valence-corrected chi connectivity index (χ2v) is 4.93. The summed E-state index contributed by atoms with van der Waals surface area (Å²) in [5, 5.41) is 13.4. The lowest BCUT2D eigenvalue weighted by molar-refractivity contribution is -0.385. The van der Waals surface area contributed by atoms with Crippen LogP contribution in [0.2, 0.25) is 0 Å². The van der Waals surface area contributed by atoms with Crippen molar-refractivity contribution in [1.29, 1.82) is 0 Å². The van der Waals surface area contributed by atoms with Gasteiger partial charge in [-0.15, -0.1) is 0 Å². The van der Waals surface area contributed by atoms with Crippen LogP contribution in [-0.4, -0.2) is 17.4 Å². The van der Waals surface area contributed by atoms with Crippen LogP contribution in [0.1, 0.15) is 0 Å². The summed E-state index contributed by atoms with van der Waals surface area (Å²) < 4.78 is 5.84. The number of nitro benzene ring substituents is 1. The molecule has 0 spiro atoms. The van der Waals surface area contributed by atoms with Crippen molar-refractivity contribution in [3.8, 4) is 5.75 Å². The third-order valence-corrected chi connectivity index (χ3v) is 3.20. The van der Waals surface area contributed by atoms with Gasteiger partial charge >= 0.3 is 0 Å². The maximum atomic E-state index is 11.7. The SMILES string of the molecule is O=C(COc1cc([N+](=O)[O-])ccc1Br)Nc1ccccc1. The summed E-state index contributed by atoms with van der Waals surface area (Å²) in [5.74, 6) is -0.105. The number of anilines is 1. The number of benzene rings is 2. The predicted molar refractivity (Wildman–Crippen MR) is 81.4 cm³/mol. The van der Waals surface area contributed by atoms with Gasteiger partial charge in [0.15, 0.2) is 6.61 Å². The number of rotatable bonds is 5. The van der Waals surface area contributed by atoms with Gasteiger partial charge in [0.25, 0.3) is 11.6 Å². The molecule has 0 heterocycles. The quantitative estimate of drug-likeness (QED) is 0.661. The van der Waals surface area contributed by atoms with Crippen molar-refractivity contribution >= 4 is 33.2 Å². The van der Waals surface area contributed by atoms with Gasteiger partial charge in [-0.3, -0.25) is 14.9 Å². The second kappa shape index (κ2) is 6.85. The maximum absolute atomic E-state index is 11.7. The minimum Gasteiger partial charge on any atom is -0.482 e. The van der Waals surface area contributed by atoms with E-state index < -0.39 is 4.92 Å². The smallest absolute Gasteiger partial charge is 0.273 e. The lowest BCUT2D eigenvalue weighted by Crippen LogP contribution is -2.20. The number of hydrogen-bond donors (Lipinski definition) is 1. The van der Waals surface area contributed by atoms with Gasteiger partial charge in [0.2, 0.25) is 0 Å². The Bertz CT molecular complexity index is 661. The van der Waals surface area contributed by atoms with Crippen LogP contribution in [0.4, 0.5) is 11.4 Å². The number of para-hydroxylation sites is 1. The van der Waals surface area contributed by atoms with E-state index >= 15 is 0 Å². The van der Waals surface area contributed by atoms with Gasteiger partial charge in [0, 0.05) is 11.8 Å². The molecule has 2 rings (SSSR count). The first kappa shape index (κ1) is 15.0. The van der Waals surface area contributed by atoms with Crippen LogP contribution in [0, 0.1) is 10.1 Å². The zero-order valence-corrected chi connectivity index (χ0v) is 12.4. The summed E-state index contributed by atoms with van der Waals surface area (Å²) >= 11 is 3.22. The standard InChI is InChI=1S/C14H11BrN2O4/c15-12-7-6-11(17(19)20)8-13(12)21-9-14(18)16-10-4-2-1-3-5-10/h1-8H,9H2,(H,16,18). The molecule has 2 aromatic rings. The highest BCUT2D eigenvalue weighted by atomic mass is 79.9. The van der Waals surface area contributed by atoms with Gasteiger partial charge in [-0.2, -0.15) is 0 Å². The maximum Gasteiger partial charge on any atom is 0.273 e. The largest absolute Gasteiger partial charge is 0.482 e. The molecule has 21 heavy (non-hydrogen) atoms. The Kier molecular flexibility index (Phi) is 4.89. The Hall–Kier alpha value is -2.41. The highest BCUT2D eigenvalue weighted by Crippen LogP contribution is 2.29. The fourth-order valence-corrected chi connectivity index (χ4v) is 1.94. The zero-order valence-electron chi connectivity index (χ0n) is 10.8. The Morgan fingerprint density at radius 1 is 1.24 bits per heavy atom. The molecule has 0 bridgehead atoms. The monoisotopic (exact) mass is 350 g/mol. The minimum atomic E-state index is -0.524. The van der Waals surface area contributed by atoms with Crippen LogP contribution in [0.3, 0.4) is 0 Å². The first-order valence-corrected chi connectivity index (χ1v) is 6.77. The number of nitrogens with zero attached hydrogens (tertiary/aromatic N) is 1. The molecule has 0 unspecified atom stereocenters. The zero-order chi connectivity index (χ0) is 15.2. The van der Waals surface area contributed by atoms with Gasteiger partial charge in [0.05, 0.1) is 15.5 Å². The van der Waals surface area contributed by atoms with Gasteiger partial charge < -0.3 is 10.1 Å². The van der Waals surface area contributed by atoms with Crippen molar-refractivity contribution in [3.05, 3.63) is 63.1 Å². The fourth-order valence-electron chi connectivity index (χ4n) is 1.58. The molecule has 0 atom stereocenters. The molecule has 7 heteroatoms. The van der Waals surface area contributed by atoms with Crippen molar-refractivity contribution < 1.29 is 14.5 Å². The van der Waals surface area contributed by atoms with Crippen LogP contribution in [0.15, 0.2) is 53.0 Å². The summed E-state index contributed by atoms with van der Waals surface area (Å²) in [7, 11) is 0. The molecule has 0 saturated carbocycles. The molecule has 1 N–H and O–H groups in total. The van der Waals surface area contributed by atoms with Crippen LogP contribution in [0.5, 0.6) is 5.75 Å². The molecule has 0 radical (unpaired) electrons. The molecular formula is C14H11BrN2O4. The van der Waals surface area contributed by atoms with E-state index in [2.05, 4.69) is 21.2 Å². The van der Waals surface area contributed by atoms with Crippen molar-refractivity contribution in [2.24, 2.45) is 0 Å². The van der Waals surface area contributed by atoms with Gasteiger partial charge in [0.1, 0.15) is 5.75 Å². The van der Waals surface area contributed by atoms with E-state index in [1.54, 1.807) is 24.3 Å². The number of hydrogen-bond acceptors (Lipinski definition) is 4. The third kappa shape index (κ3) is 4.28. The van der Waals surface area contributed by atoms with Crippen LogP contribution < -0.4 is 10.1 Å². The van der Waals surface area contributed by atoms with Crippen LogP contribution in [0.25, 0.3) is 0 Å². The Labute approximate surface area is 129 Å². The number of halogens is 1. The van der Waals surface area contributed by atoms with E-state index in [1.807, 2.05) is 6.07 Å². The van der Waals surface area contributed by atoms with E-state index in [9.17, 15) is 14.9 Å². The second-order valence-electron chi connectivity index (χ2n) is 4.07. The first-order chi connectivity index (χ1) is 10.1. The predicted octanol–water partition coefficient (Wildman–Crippen LogP) is 3.37. The lowest BCUT2D eigenvalue weighted by Gasteiger charge is -2.08. The van der Waals surface area contributed by atoms with Gasteiger partial charge in [-0.1, -0.05) is 18.2 Å². The Morgan fingerprint density at radius 2 is 1.95 bits per heavy atom. The third-order valence-electron chi connectivity index (χ3n) is 2.54. The Balaban J connectivity index is 1.98. The number of carbonyl (C=O) groups is 1. The molecule has 0 aliphatic heterocycles. The molecule has 0 aliphatic rings. The van der Waals surface area contributed by atoms with Gasteiger partial charge in [-0.25, -0.2) is 0 Å². The average Bonchev–Trinajstić information content (AvgIpc) is 2.47. The van der Waals surface area contributed by atoms with E-state index in [0.717, 1.165) is 0 Å². The van der Waals surface area contributed by atoms with E-state index in [4.69, 9.17) is 4.74 Å². The fraction of sp³-hybridized carbons (Fsp3) is 0.0714. The summed E-state index contributed by atoms with van der Waals surface area (Å²) in [6, 6.07) is 13.1. The first-order valence-electron chi connectivity index (χ1n) is 5.98. The van der Waals surface area contributed by atoms with Crippen molar-refractivity contribution in [2.75, 3.05) is 11.9 Å². The highest BCUT2D eigenvalue weighted by molar-refractivity contribution is 9.10. The summed E-state index contributed by atoms with van der Waals surface area (Å²) in [4.78, 5) is 21.9. The number of nitro groups is 1. The molecule has 0 saturated heterocycles. The number of non-ortho nitro benzene ring substituents is 1. The number of nitrogens with one attached hydrogen (secondary N) is 1. The molecule has 1 amide bonds. The van der Waals surface area contributed by atoms with E-state index in [1.165, 1.54) is 18.2 Å². The average molecular weight is 351 g/mol. The van der Waals surface area contributed by atoms with Gasteiger partial charge in [-0.05, 0) is 34.1 Å². The molecule has 0 aliphatic carbocycles. The summed E-state index contributed by atoms with van der Waals surface area (Å²) in [5.41, 5.74) is 0.556. The summed E-state index contributed by atoms with van der Waals surface area (Å²) in [6.45, 7) is -0.241. The minimum absolute atomic E-state index is 0.100. The van der Waals surface area contributed by atoms with Crippen molar-refractivity contribution in [2.45, 2.75) is 0 Å². The molecule has 2 aromatic carbocycles. The Morgan fingerprint density at radius 3 is 2.62 bits per heavy atom.